The Balaban J connectivity index is 1.10. The lowest BCUT2D eigenvalue weighted by Gasteiger charge is -2.50. The highest BCUT2D eigenvalue weighted by molar-refractivity contribution is 5.92. The van der Waals surface area contributed by atoms with Gasteiger partial charge in [-0.15, -0.1) is 0 Å². The van der Waals surface area contributed by atoms with Gasteiger partial charge in [0.25, 0.3) is 0 Å². The summed E-state index contributed by atoms with van der Waals surface area (Å²) in [5, 5.41) is 2.64. The fourth-order valence-electron chi connectivity index (χ4n) is 12.9. The molecule has 4 aliphatic carbocycles. The van der Waals surface area contributed by atoms with Crippen molar-refractivity contribution in [1.29, 1.82) is 0 Å². The van der Waals surface area contributed by atoms with E-state index in [4.69, 9.17) is 0 Å². The Bertz CT molecular complexity index is 3500. The molecule has 0 saturated carbocycles. The van der Waals surface area contributed by atoms with E-state index in [9.17, 15) is 0 Å². The minimum absolute atomic E-state index is 0.0395. The first-order valence-electron chi connectivity index (χ1n) is 23.6. The third-order valence-electron chi connectivity index (χ3n) is 15.7. The van der Waals surface area contributed by atoms with Crippen LogP contribution in [-0.4, -0.2) is 6.04 Å². The molecule has 4 atom stereocenters. The SMILES string of the molecule is CC12CCC=CC1=c1ccccc1=CC2N(c1ccc(-c2ccccc2)cc1)c1cccc(C2(c3ccccc3)c3ccccc3C3(c4ccccc4)c4ccccc4-c4cccc2c43)c1. The molecule has 0 saturated heterocycles. The van der Waals surface area contributed by atoms with Gasteiger partial charge >= 0.3 is 0 Å². The van der Waals surface area contributed by atoms with Crippen LogP contribution in [0.15, 0.2) is 243 Å². The Morgan fingerprint density at radius 3 is 1.76 bits per heavy atom. The first-order chi connectivity index (χ1) is 32.6. The first-order valence-corrected chi connectivity index (χ1v) is 23.6. The minimum atomic E-state index is -0.653. The zero-order valence-electron chi connectivity index (χ0n) is 37.1. The van der Waals surface area contributed by atoms with Gasteiger partial charge in [0.2, 0.25) is 0 Å². The van der Waals surface area contributed by atoms with Gasteiger partial charge in [-0.25, -0.2) is 0 Å². The smallest absolute Gasteiger partial charge is 0.0720 e. The summed E-state index contributed by atoms with van der Waals surface area (Å²) in [4.78, 5) is 2.67. The van der Waals surface area contributed by atoms with Crippen molar-refractivity contribution in [3.05, 3.63) is 298 Å². The maximum atomic E-state index is 2.67. The molecule has 4 unspecified atom stereocenters. The van der Waals surface area contributed by atoms with Crippen molar-refractivity contribution < 1.29 is 0 Å². The molecule has 314 valence electrons. The highest BCUT2D eigenvalue weighted by Gasteiger charge is 2.57. The second-order valence-electron chi connectivity index (χ2n) is 18.9. The molecule has 66 heavy (non-hydrogen) atoms. The van der Waals surface area contributed by atoms with Crippen LogP contribution in [0.5, 0.6) is 0 Å². The predicted molar refractivity (Wildman–Crippen MR) is 273 cm³/mol. The van der Waals surface area contributed by atoms with E-state index in [2.05, 4.69) is 261 Å². The molecule has 0 aliphatic heterocycles. The van der Waals surface area contributed by atoms with E-state index in [0.717, 1.165) is 12.8 Å². The van der Waals surface area contributed by atoms with Crippen LogP contribution in [0.4, 0.5) is 11.4 Å². The number of nitrogens with zero attached hydrogens (tertiary/aromatic N) is 1. The van der Waals surface area contributed by atoms with Gasteiger partial charge in [-0.2, -0.15) is 0 Å². The molecule has 13 rings (SSSR count). The monoisotopic (exact) mass is 843 g/mol. The molecule has 0 fully saturated rings. The summed E-state index contributed by atoms with van der Waals surface area (Å²) >= 11 is 0. The van der Waals surface area contributed by atoms with E-state index in [1.165, 1.54) is 94.1 Å². The number of hydrogen-bond donors (Lipinski definition) is 0. The number of rotatable bonds is 7. The van der Waals surface area contributed by atoms with Gasteiger partial charge in [-0.1, -0.05) is 231 Å². The van der Waals surface area contributed by atoms with Crippen LogP contribution in [0.2, 0.25) is 0 Å². The summed E-state index contributed by atoms with van der Waals surface area (Å²) in [6, 6.07) is 87.0. The van der Waals surface area contributed by atoms with Crippen LogP contribution in [0.1, 0.15) is 64.3 Å². The molecule has 0 aromatic heterocycles. The zero-order valence-corrected chi connectivity index (χ0v) is 37.1. The summed E-state index contributed by atoms with van der Waals surface area (Å²) < 4.78 is 0. The van der Waals surface area contributed by atoms with Crippen LogP contribution < -0.4 is 15.3 Å². The highest BCUT2D eigenvalue weighted by Crippen LogP contribution is 2.66. The van der Waals surface area contributed by atoms with Crippen molar-refractivity contribution in [2.24, 2.45) is 5.41 Å². The summed E-state index contributed by atoms with van der Waals surface area (Å²) in [5.41, 5.74) is 18.1. The molecule has 0 amide bonds. The maximum Gasteiger partial charge on any atom is 0.0720 e. The number of allylic oxidation sites excluding steroid dienone is 2. The van der Waals surface area contributed by atoms with E-state index < -0.39 is 10.8 Å². The molecule has 4 aliphatic rings. The van der Waals surface area contributed by atoms with E-state index in [0.29, 0.717) is 0 Å². The topological polar surface area (TPSA) is 3.24 Å². The van der Waals surface area contributed by atoms with Crippen LogP contribution in [0, 0.1) is 5.41 Å². The van der Waals surface area contributed by atoms with Crippen LogP contribution >= 0.6 is 0 Å². The van der Waals surface area contributed by atoms with Gasteiger partial charge in [0, 0.05) is 16.8 Å². The van der Waals surface area contributed by atoms with E-state index in [1.807, 2.05) is 0 Å². The summed E-state index contributed by atoms with van der Waals surface area (Å²) in [5.74, 6) is 0. The van der Waals surface area contributed by atoms with Crippen molar-refractivity contribution in [3.63, 3.8) is 0 Å². The molecule has 0 N–H and O–H groups in total. The number of hydrogen-bond acceptors (Lipinski definition) is 1. The van der Waals surface area contributed by atoms with Crippen molar-refractivity contribution in [2.45, 2.75) is 36.6 Å². The fourth-order valence-corrected chi connectivity index (χ4v) is 12.9. The highest BCUT2D eigenvalue weighted by atomic mass is 15.2. The molecule has 0 radical (unpaired) electrons. The molecule has 1 nitrogen and oxygen atoms in total. The Kier molecular flexibility index (Phi) is 8.74. The lowest BCUT2D eigenvalue weighted by molar-refractivity contribution is 0.368. The maximum absolute atomic E-state index is 2.67. The van der Waals surface area contributed by atoms with Gasteiger partial charge in [0.15, 0.2) is 0 Å². The van der Waals surface area contributed by atoms with Crippen molar-refractivity contribution >= 4 is 23.0 Å². The lowest BCUT2D eigenvalue weighted by atomic mass is 9.51. The van der Waals surface area contributed by atoms with Gasteiger partial charge in [-0.05, 0) is 120 Å². The van der Waals surface area contributed by atoms with Crippen molar-refractivity contribution in [1.82, 2.24) is 0 Å². The van der Waals surface area contributed by atoms with Gasteiger partial charge in [0.1, 0.15) is 0 Å². The fraction of sp³-hybridized carbons (Fsp3) is 0.108. The normalized spacial score (nSPS) is 21.7. The number of fused-ring (bicyclic) bond motifs is 7. The standard InChI is InChI=1S/C65H49N/c1-63-42-18-17-33-56(63)53-30-12-11-23-47(53)43-61(63)66(51-40-38-46(39-41-51)45-21-5-2-6-22-45)52-29-19-28-50(44-52)64(48-24-7-3-8-25-48)58-35-15-16-36-59(58)65(49-26-9-4-10-27-49)57-34-14-13-31-54(57)55-32-20-37-60(64)62(55)65/h2-17,19-41,43-44,61H,18,42H2,1H3. The van der Waals surface area contributed by atoms with Crippen molar-refractivity contribution in [2.75, 3.05) is 4.90 Å². The van der Waals surface area contributed by atoms with E-state index >= 15 is 0 Å². The average Bonchev–Trinajstić information content (AvgIpc) is 3.70. The molecule has 0 spiro atoms. The lowest BCUT2D eigenvalue weighted by Crippen LogP contribution is -2.52. The predicted octanol–water partition coefficient (Wildman–Crippen LogP) is 13.9. The minimum Gasteiger partial charge on any atom is -0.334 e. The molecule has 9 aromatic carbocycles. The van der Waals surface area contributed by atoms with Crippen LogP contribution in [-0.2, 0) is 10.8 Å². The first kappa shape index (κ1) is 38.7. The Labute approximate surface area is 388 Å². The Morgan fingerprint density at radius 1 is 0.439 bits per heavy atom. The molecule has 0 heterocycles. The number of anilines is 2. The van der Waals surface area contributed by atoms with Gasteiger partial charge < -0.3 is 4.90 Å². The second kappa shape index (κ2) is 14.9. The van der Waals surface area contributed by atoms with Gasteiger partial charge in [0.05, 0.1) is 16.9 Å². The number of benzene rings is 9. The molecule has 1 heteroatoms. The average molecular weight is 844 g/mol. The van der Waals surface area contributed by atoms with E-state index in [-0.39, 0.29) is 11.5 Å². The second-order valence-corrected chi connectivity index (χ2v) is 18.9. The zero-order chi connectivity index (χ0) is 43.9. The van der Waals surface area contributed by atoms with Crippen molar-refractivity contribution in [3.8, 4) is 22.3 Å². The van der Waals surface area contributed by atoms with Crippen LogP contribution in [0.3, 0.4) is 0 Å². The summed E-state index contributed by atoms with van der Waals surface area (Å²) in [7, 11) is 0. The molecule has 9 aromatic rings. The Hall–Kier alpha value is -7.74. The third kappa shape index (κ3) is 5.35. The summed E-state index contributed by atoms with van der Waals surface area (Å²) in [6.45, 7) is 2.51. The quantitative estimate of drug-likeness (QED) is 0.154. The van der Waals surface area contributed by atoms with Crippen LogP contribution in [0.25, 0.3) is 33.9 Å². The third-order valence-corrected chi connectivity index (χ3v) is 15.7. The molecular weight excluding hydrogens is 795 g/mol. The largest absolute Gasteiger partial charge is 0.334 e. The molecular formula is C65H49N. The van der Waals surface area contributed by atoms with Gasteiger partial charge in [-0.3, -0.25) is 0 Å². The molecule has 0 bridgehead atoms. The van der Waals surface area contributed by atoms with E-state index in [1.54, 1.807) is 0 Å². The Morgan fingerprint density at radius 2 is 1.00 bits per heavy atom. The summed E-state index contributed by atoms with van der Waals surface area (Å²) in [6.07, 6.45) is 9.48.